The largest absolute Gasteiger partial charge is 0.352 e. The lowest BCUT2D eigenvalue weighted by Gasteiger charge is -2.07. The van der Waals surface area contributed by atoms with Crippen LogP contribution in [0.3, 0.4) is 0 Å². The summed E-state index contributed by atoms with van der Waals surface area (Å²) in [5.41, 5.74) is 2.46. The van der Waals surface area contributed by atoms with Gasteiger partial charge in [0.1, 0.15) is 0 Å². The van der Waals surface area contributed by atoms with Gasteiger partial charge in [-0.05, 0) is 24.0 Å². The summed E-state index contributed by atoms with van der Waals surface area (Å²) in [6, 6.07) is 9.12. The molecule has 2 rings (SSSR count). The predicted octanol–water partition coefficient (Wildman–Crippen LogP) is 1.96. The van der Waals surface area contributed by atoms with Gasteiger partial charge in [-0.25, -0.2) is 0 Å². The van der Waals surface area contributed by atoms with Gasteiger partial charge in [0.15, 0.2) is 0 Å². The molecule has 0 saturated heterocycles. The fourth-order valence-electron chi connectivity index (χ4n) is 1.72. The minimum absolute atomic E-state index is 0.103. The number of hydrogen-bond donors (Lipinski definition) is 2. The lowest BCUT2D eigenvalue weighted by molar-refractivity contribution is -0.120. The Morgan fingerprint density at radius 3 is 2.65 bits per heavy atom. The second-order valence-corrected chi connectivity index (χ2v) is 4.61. The van der Waals surface area contributed by atoms with Crippen molar-refractivity contribution >= 4 is 5.91 Å². The van der Waals surface area contributed by atoms with E-state index in [-0.39, 0.29) is 5.91 Å². The molecule has 2 N–H and O–H groups in total. The van der Waals surface area contributed by atoms with E-state index in [4.69, 9.17) is 0 Å². The monoisotopic (exact) mass is 232 g/mol. The Morgan fingerprint density at radius 2 is 2.00 bits per heavy atom. The molecular weight excluding hydrogens is 212 g/mol. The van der Waals surface area contributed by atoms with Crippen LogP contribution in [-0.2, 0) is 17.9 Å². The van der Waals surface area contributed by atoms with E-state index in [1.165, 1.54) is 24.0 Å². The molecule has 92 valence electrons. The number of amides is 1. The molecule has 1 aliphatic rings. The van der Waals surface area contributed by atoms with Gasteiger partial charge in [-0.2, -0.15) is 0 Å². The molecule has 1 aromatic rings. The molecular formula is C14H20N2O. The number of nitrogens with one attached hydrogen (secondary N) is 2. The van der Waals surface area contributed by atoms with Crippen molar-refractivity contribution in [1.82, 2.24) is 10.6 Å². The van der Waals surface area contributed by atoms with Crippen LogP contribution in [0.2, 0.25) is 0 Å². The topological polar surface area (TPSA) is 41.1 Å². The molecule has 0 heterocycles. The number of carbonyl (C=O) groups excluding carboxylic acids is 1. The second-order valence-electron chi connectivity index (χ2n) is 4.61. The van der Waals surface area contributed by atoms with Crippen LogP contribution in [0.4, 0.5) is 0 Å². The minimum Gasteiger partial charge on any atom is -0.352 e. The van der Waals surface area contributed by atoms with Crippen LogP contribution in [-0.4, -0.2) is 11.9 Å². The SMILES string of the molecule is CCC(=O)NCc1cccc(CNC2CC2)c1. The number of carbonyl (C=O) groups is 1. The zero-order valence-electron chi connectivity index (χ0n) is 10.3. The Labute approximate surface area is 103 Å². The fourth-order valence-corrected chi connectivity index (χ4v) is 1.72. The van der Waals surface area contributed by atoms with Crippen molar-refractivity contribution in [2.24, 2.45) is 0 Å². The normalized spacial score (nSPS) is 14.6. The van der Waals surface area contributed by atoms with E-state index >= 15 is 0 Å². The predicted molar refractivity (Wildman–Crippen MR) is 68.4 cm³/mol. The lowest BCUT2D eigenvalue weighted by atomic mass is 10.1. The first-order valence-corrected chi connectivity index (χ1v) is 6.36. The third kappa shape index (κ3) is 4.19. The molecule has 0 unspecified atom stereocenters. The minimum atomic E-state index is 0.103. The van der Waals surface area contributed by atoms with Crippen LogP contribution in [0, 0.1) is 0 Å². The van der Waals surface area contributed by atoms with E-state index < -0.39 is 0 Å². The van der Waals surface area contributed by atoms with Crippen LogP contribution in [0.25, 0.3) is 0 Å². The second kappa shape index (κ2) is 5.82. The van der Waals surface area contributed by atoms with Crippen LogP contribution in [0.1, 0.15) is 37.3 Å². The van der Waals surface area contributed by atoms with Gasteiger partial charge < -0.3 is 10.6 Å². The molecule has 0 aromatic heterocycles. The molecule has 1 aromatic carbocycles. The maximum Gasteiger partial charge on any atom is 0.219 e. The average Bonchev–Trinajstić information content (AvgIpc) is 3.18. The fraction of sp³-hybridized carbons (Fsp3) is 0.500. The summed E-state index contributed by atoms with van der Waals surface area (Å²) < 4.78 is 0. The van der Waals surface area contributed by atoms with Crippen LogP contribution < -0.4 is 10.6 Å². The van der Waals surface area contributed by atoms with Crippen molar-refractivity contribution in [2.75, 3.05) is 0 Å². The third-order valence-electron chi connectivity index (χ3n) is 2.97. The lowest BCUT2D eigenvalue weighted by Crippen LogP contribution is -2.21. The van der Waals surface area contributed by atoms with Crippen molar-refractivity contribution in [2.45, 2.75) is 45.3 Å². The molecule has 3 heteroatoms. The smallest absolute Gasteiger partial charge is 0.219 e. The summed E-state index contributed by atoms with van der Waals surface area (Å²) in [5.74, 6) is 0.103. The standard InChI is InChI=1S/C14H20N2O/c1-2-14(17)16-10-12-5-3-4-11(8-12)9-15-13-6-7-13/h3-5,8,13,15H,2,6-7,9-10H2,1H3,(H,16,17). The van der Waals surface area contributed by atoms with Crippen molar-refractivity contribution in [3.63, 3.8) is 0 Å². The van der Waals surface area contributed by atoms with Gasteiger partial charge in [-0.15, -0.1) is 0 Å². The Kier molecular flexibility index (Phi) is 4.15. The summed E-state index contributed by atoms with van der Waals surface area (Å²) >= 11 is 0. The maximum atomic E-state index is 11.2. The van der Waals surface area contributed by atoms with Gasteiger partial charge in [-0.3, -0.25) is 4.79 Å². The van der Waals surface area contributed by atoms with E-state index in [1.807, 2.05) is 6.92 Å². The Hall–Kier alpha value is -1.35. The first-order chi connectivity index (χ1) is 8.28. The van der Waals surface area contributed by atoms with Gasteiger partial charge in [-0.1, -0.05) is 31.2 Å². The van der Waals surface area contributed by atoms with Crippen LogP contribution in [0.15, 0.2) is 24.3 Å². The van der Waals surface area contributed by atoms with E-state index in [9.17, 15) is 4.79 Å². The molecule has 1 fully saturated rings. The summed E-state index contributed by atoms with van der Waals surface area (Å²) in [4.78, 5) is 11.2. The highest BCUT2D eigenvalue weighted by molar-refractivity contribution is 5.75. The molecule has 0 bridgehead atoms. The Balaban J connectivity index is 1.84. The number of hydrogen-bond acceptors (Lipinski definition) is 2. The van der Waals surface area contributed by atoms with E-state index in [1.54, 1.807) is 0 Å². The molecule has 0 radical (unpaired) electrons. The molecule has 1 saturated carbocycles. The molecule has 1 amide bonds. The van der Waals surface area contributed by atoms with Gasteiger partial charge in [0.2, 0.25) is 5.91 Å². The highest BCUT2D eigenvalue weighted by atomic mass is 16.1. The summed E-state index contributed by atoms with van der Waals surface area (Å²) in [6.07, 6.45) is 3.17. The molecule has 0 aliphatic heterocycles. The number of rotatable bonds is 6. The molecule has 3 nitrogen and oxygen atoms in total. The molecule has 0 spiro atoms. The van der Waals surface area contributed by atoms with Crippen molar-refractivity contribution in [1.29, 1.82) is 0 Å². The quantitative estimate of drug-likeness (QED) is 0.787. The maximum absolute atomic E-state index is 11.2. The number of benzene rings is 1. The average molecular weight is 232 g/mol. The van der Waals surface area contributed by atoms with Gasteiger partial charge in [0.25, 0.3) is 0 Å². The first-order valence-electron chi connectivity index (χ1n) is 6.36. The van der Waals surface area contributed by atoms with E-state index in [0.29, 0.717) is 13.0 Å². The van der Waals surface area contributed by atoms with Crippen molar-refractivity contribution in [3.8, 4) is 0 Å². The van der Waals surface area contributed by atoms with E-state index in [2.05, 4.69) is 34.9 Å². The van der Waals surface area contributed by atoms with Crippen LogP contribution >= 0.6 is 0 Å². The van der Waals surface area contributed by atoms with Crippen molar-refractivity contribution < 1.29 is 4.79 Å². The molecule has 17 heavy (non-hydrogen) atoms. The zero-order valence-corrected chi connectivity index (χ0v) is 10.3. The highest BCUT2D eigenvalue weighted by Crippen LogP contribution is 2.19. The van der Waals surface area contributed by atoms with Gasteiger partial charge >= 0.3 is 0 Å². The van der Waals surface area contributed by atoms with Gasteiger partial charge in [0.05, 0.1) is 0 Å². The zero-order chi connectivity index (χ0) is 12.1. The van der Waals surface area contributed by atoms with E-state index in [0.717, 1.165) is 12.6 Å². The molecule has 1 aliphatic carbocycles. The van der Waals surface area contributed by atoms with Crippen LogP contribution in [0.5, 0.6) is 0 Å². The summed E-state index contributed by atoms with van der Waals surface area (Å²) in [7, 11) is 0. The Morgan fingerprint density at radius 1 is 1.29 bits per heavy atom. The van der Waals surface area contributed by atoms with Crippen molar-refractivity contribution in [3.05, 3.63) is 35.4 Å². The summed E-state index contributed by atoms with van der Waals surface area (Å²) in [6.45, 7) is 3.43. The van der Waals surface area contributed by atoms with Gasteiger partial charge in [0, 0.05) is 25.6 Å². The Bertz CT molecular complexity index is 386. The first kappa shape index (κ1) is 12.1. The highest BCUT2D eigenvalue weighted by Gasteiger charge is 2.19. The third-order valence-corrected chi connectivity index (χ3v) is 2.97. The summed E-state index contributed by atoms with van der Waals surface area (Å²) in [5, 5.41) is 6.38. The molecule has 0 atom stereocenters.